The molecule has 1 aromatic heterocycles. The Bertz CT molecular complexity index is 1120. The predicted octanol–water partition coefficient (Wildman–Crippen LogP) is 5.58. The van der Waals surface area contributed by atoms with Crippen molar-refractivity contribution in [2.75, 3.05) is 10.7 Å². The first-order valence-corrected chi connectivity index (χ1v) is 11.7. The second kappa shape index (κ2) is 9.65. The molecular weight excluding hydrogens is 427 g/mol. The lowest BCUT2D eigenvalue weighted by molar-refractivity contribution is -0.118. The zero-order valence-corrected chi connectivity index (χ0v) is 19.2. The van der Waals surface area contributed by atoms with E-state index in [4.69, 9.17) is 4.74 Å². The Morgan fingerprint density at radius 3 is 2.62 bits per heavy atom. The molecule has 6 nitrogen and oxygen atoms in total. The summed E-state index contributed by atoms with van der Waals surface area (Å²) >= 11 is 1.52. The first-order chi connectivity index (χ1) is 15.5. The van der Waals surface area contributed by atoms with Gasteiger partial charge in [-0.25, -0.2) is 4.39 Å². The third kappa shape index (κ3) is 4.46. The van der Waals surface area contributed by atoms with Crippen molar-refractivity contribution in [2.24, 2.45) is 0 Å². The smallest absolute Gasteiger partial charge is 0.247 e. The molecule has 0 saturated carbocycles. The van der Waals surface area contributed by atoms with Crippen LogP contribution in [0.25, 0.3) is 11.3 Å². The molecule has 0 N–H and O–H groups in total. The molecule has 1 amide bonds. The van der Waals surface area contributed by atoms with Crippen molar-refractivity contribution in [1.29, 1.82) is 0 Å². The minimum atomic E-state index is -0.814. The molecule has 0 radical (unpaired) electrons. The van der Waals surface area contributed by atoms with E-state index in [0.29, 0.717) is 28.0 Å². The third-order valence-electron chi connectivity index (χ3n) is 5.30. The minimum Gasteiger partial charge on any atom is -0.447 e. The number of rotatable bonds is 6. The predicted molar refractivity (Wildman–Crippen MR) is 123 cm³/mol. The maximum atomic E-state index is 13.6. The van der Waals surface area contributed by atoms with E-state index in [-0.39, 0.29) is 11.7 Å². The number of nitrogens with zero attached hydrogens (tertiary/aromatic N) is 4. The molecule has 0 bridgehead atoms. The molecule has 0 fully saturated rings. The molecule has 2 aromatic carbocycles. The lowest BCUT2D eigenvalue weighted by Gasteiger charge is -2.30. The molecule has 2 heterocycles. The molecule has 3 aromatic rings. The molecule has 1 aliphatic rings. The van der Waals surface area contributed by atoms with E-state index in [2.05, 4.69) is 29.0 Å². The first-order valence-electron chi connectivity index (χ1n) is 10.7. The third-order valence-corrected chi connectivity index (χ3v) is 6.22. The van der Waals surface area contributed by atoms with Gasteiger partial charge in [0.25, 0.3) is 0 Å². The lowest BCUT2D eigenvalue weighted by Crippen LogP contribution is -2.36. The van der Waals surface area contributed by atoms with Crippen LogP contribution in [0.4, 0.5) is 10.1 Å². The largest absolute Gasteiger partial charge is 0.447 e. The van der Waals surface area contributed by atoms with Crippen molar-refractivity contribution in [3.8, 4) is 17.1 Å². The Balaban J connectivity index is 1.88. The highest BCUT2D eigenvalue weighted by Crippen LogP contribution is 2.44. The number of benzene rings is 2. The van der Waals surface area contributed by atoms with E-state index in [1.54, 1.807) is 17.0 Å². The van der Waals surface area contributed by atoms with Crippen LogP contribution in [-0.4, -0.2) is 26.8 Å². The quantitative estimate of drug-likeness (QED) is 0.359. The van der Waals surface area contributed by atoms with Gasteiger partial charge in [0.2, 0.25) is 23.2 Å². The number of thioether (sulfide) groups is 1. The van der Waals surface area contributed by atoms with Crippen LogP contribution in [0.2, 0.25) is 0 Å². The lowest BCUT2D eigenvalue weighted by atomic mass is 10.0. The average Bonchev–Trinajstić information content (AvgIpc) is 2.93. The van der Waals surface area contributed by atoms with Crippen molar-refractivity contribution in [3.63, 3.8) is 0 Å². The molecular formula is C24H25FN4O2S. The van der Waals surface area contributed by atoms with Crippen molar-refractivity contribution < 1.29 is 13.9 Å². The number of aryl methyl sites for hydroxylation is 1. The zero-order chi connectivity index (χ0) is 22.7. The van der Waals surface area contributed by atoms with Crippen LogP contribution < -0.4 is 9.64 Å². The fourth-order valence-electron chi connectivity index (χ4n) is 3.58. The van der Waals surface area contributed by atoms with Gasteiger partial charge in [-0.05, 0) is 42.7 Å². The van der Waals surface area contributed by atoms with Gasteiger partial charge in [-0.2, -0.15) is 4.98 Å². The number of ether oxygens (including phenoxy) is 1. The number of carbonyl (C=O) groups excluding carboxylic acids is 1. The normalized spacial score (nSPS) is 14.9. The Morgan fingerprint density at radius 1 is 1.16 bits per heavy atom. The van der Waals surface area contributed by atoms with Crippen molar-refractivity contribution in [2.45, 2.75) is 51.4 Å². The molecule has 8 heteroatoms. The van der Waals surface area contributed by atoms with E-state index < -0.39 is 6.23 Å². The van der Waals surface area contributed by atoms with E-state index in [1.165, 1.54) is 30.8 Å². The number of aromatic nitrogens is 3. The summed E-state index contributed by atoms with van der Waals surface area (Å²) in [5, 5.41) is 9.29. The number of hydrogen-bond donors (Lipinski definition) is 0. The highest BCUT2D eigenvalue weighted by atomic mass is 32.2. The van der Waals surface area contributed by atoms with E-state index in [0.717, 1.165) is 36.1 Å². The van der Waals surface area contributed by atoms with E-state index in [1.807, 2.05) is 18.2 Å². The van der Waals surface area contributed by atoms with Gasteiger partial charge in [-0.1, -0.05) is 50.2 Å². The molecule has 0 spiro atoms. The summed E-state index contributed by atoms with van der Waals surface area (Å²) in [6.45, 7) is 5.68. The molecule has 0 aliphatic carbocycles. The average molecular weight is 453 g/mol. The fourth-order valence-corrected chi connectivity index (χ4v) is 4.45. The van der Waals surface area contributed by atoms with Crippen LogP contribution in [-0.2, 0) is 11.2 Å². The van der Waals surface area contributed by atoms with Gasteiger partial charge in [0, 0.05) is 23.8 Å². The SMILES string of the molecule is CCCCSc1nnc2c(n1)OC(c1ccc(F)cc1)N(C(C)=O)c1ccc(CC)cc1-2. The Morgan fingerprint density at radius 2 is 1.94 bits per heavy atom. The second-order valence-corrected chi connectivity index (χ2v) is 8.63. The molecule has 0 saturated heterocycles. The molecule has 32 heavy (non-hydrogen) atoms. The van der Waals surface area contributed by atoms with Gasteiger partial charge in [0.1, 0.15) is 5.82 Å². The summed E-state index contributed by atoms with van der Waals surface area (Å²) in [5.74, 6) is 0.632. The van der Waals surface area contributed by atoms with Crippen molar-refractivity contribution >= 4 is 23.4 Å². The van der Waals surface area contributed by atoms with Crippen LogP contribution in [0, 0.1) is 5.82 Å². The van der Waals surface area contributed by atoms with Crippen molar-refractivity contribution in [1.82, 2.24) is 15.2 Å². The van der Waals surface area contributed by atoms with Crippen LogP contribution in [0.15, 0.2) is 47.6 Å². The number of hydrogen-bond acceptors (Lipinski definition) is 6. The molecule has 1 atom stereocenters. The molecule has 166 valence electrons. The number of unbranched alkanes of at least 4 members (excludes halogenated alkanes) is 1. The Hall–Kier alpha value is -3.00. The minimum absolute atomic E-state index is 0.205. The number of amides is 1. The molecule has 4 rings (SSSR count). The number of fused-ring (bicyclic) bond motifs is 3. The maximum Gasteiger partial charge on any atom is 0.247 e. The summed E-state index contributed by atoms with van der Waals surface area (Å²) < 4.78 is 19.9. The first kappa shape index (κ1) is 22.2. The van der Waals surface area contributed by atoms with E-state index in [9.17, 15) is 9.18 Å². The monoisotopic (exact) mass is 452 g/mol. The summed E-state index contributed by atoms with van der Waals surface area (Å²) in [7, 11) is 0. The van der Waals surface area contributed by atoms with E-state index >= 15 is 0 Å². The van der Waals surface area contributed by atoms with Gasteiger partial charge >= 0.3 is 0 Å². The fraction of sp³-hybridized carbons (Fsp3) is 0.333. The number of anilines is 1. The van der Waals surface area contributed by atoms with Gasteiger partial charge in [0.05, 0.1) is 5.69 Å². The van der Waals surface area contributed by atoms with Crippen LogP contribution in [0.5, 0.6) is 5.88 Å². The van der Waals surface area contributed by atoms with Gasteiger partial charge in [-0.3, -0.25) is 9.69 Å². The van der Waals surface area contributed by atoms with Crippen LogP contribution in [0.3, 0.4) is 0 Å². The topological polar surface area (TPSA) is 68.2 Å². The summed E-state index contributed by atoms with van der Waals surface area (Å²) in [4.78, 5) is 19.0. The summed E-state index contributed by atoms with van der Waals surface area (Å²) in [6, 6.07) is 11.8. The van der Waals surface area contributed by atoms with Gasteiger partial charge in [0.15, 0.2) is 5.69 Å². The standard InChI is InChI=1S/C24H25FN4O2S/c1-4-6-13-32-24-26-22-21(27-28-24)19-14-16(5-2)7-12-20(19)29(15(3)30)23(31-22)17-8-10-18(25)11-9-17/h7-12,14,23H,4-6,13H2,1-3H3. The maximum absolute atomic E-state index is 13.6. The summed E-state index contributed by atoms with van der Waals surface area (Å²) in [6.07, 6.45) is 2.14. The summed E-state index contributed by atoms with van der Waals surface area (Å²) in [5.41, 5.74) is 3.63. The highest BCUT2D eigenvalue weighted by molar-refractivity contribution is 7.99. The zero-order valence-electron chi connectivity index (χ0n) is 18.3. The Kier molecular flexibility index (Phi) is 6.69. The number of halogens is 1. The molecule has 1 aliphatic heterocycles. The number of carbonyl (C=O) groups is 1. The molecule has 1 unspecified atom stereocenters. The van der Waals surface area contributed by atoms with Crippen LogP contribution >= 0.6 is 11.8 Å². The van der Waals surface area contributed by atoms with Gasteiger partial charge in [-0.15, -0.1) is 10.2 Å². The highest BCUT2D eigenvalue weighted by Gasteiger charge is 2.34. The second-order valence-electron chi connectivity index (χ2n) is 7.57. The van der Waals surface area contributed by atoms with Gasteiger partial charge < -0.3 is 4.74 Å². The van der Waals surface area contributed by atoms with Crippen molar-refractivity contribution in [3.05, 3.63) is 59.4 Å². The van der Waals surface area contributed by atoms with Crippen LogP contribution in [0.1, 0.15) is 51.0 Å². The Labute approximate surface area is 191 Å².